The van der Waals surface area contributed by atoms with Gasteiger partial charge in [-0.2, -0.15) is 11.8 Å². The number of carbonyl (C=O) groups is 1. The van der Waals surface area contributed by atoms with Crippen molar-refractivity contribution in [1.82, 2.24) is 4.90 Å². The zero-order chi connectivity index (χ0) is 10.7. The number of hydrogen-bond donors (Lipinski definition) is 0. The van der Waals surface area contributed by atoms with Crippen LogP contribution in [0.5, 0.6) is 0 Å². The number of rotatable bonds is 4. The molecule has 0 amide bonds. The Labute approximate surface area is 96.8 Å². The van der Waals surface area contributed by atoms with E-state index >= 15 is 0 Å². The highest BCUT2D eigenvalue weighted by atomic mass is 32.2. The van der Waals surface area contributed by atoms with Crippen LogP contribution in [0.1, 0.15) is 32.1 Å². The second kappa shape index (κ2) is 4.88. The lowest BCUT2D eigenvalue weighted by Gasteiger charge is -2.32. The number of aldehydes is 1. The first-order valence-corrected chi connectivity index (χ1v) is 7.16. The molecule has 0 aromatic carbocycles. The van der Waals surface area contributed by atoms with Crippen LogP contribution in [0.25, 0.3) is 0 Å². The minimum absolute atomic E-state index is 0.00199. The molecule has 0 N–H and O–H groups in total. The molecule has 2 rings (SSSR count). The maximum absolute atomic E-state index is 11.2. The van der Waals surface area contributed by atoms with Crippen molar-refractivity contribution in [3.8, 4) is 0 Å². The molecule has 0 spiro atoms. The molecule has 1 atom stereocenters. The summed E-state index contributed by atoms with van der Waals surface area (Å²) in [4.78, 5) is 13.7. The number of thioether (sulfide) groups is 1. The molecule has 1 unspecified atom stereocenters. The molecular formula is C12H21NOS. The highest BCUT2D eigenvalue weighted by Crippen LogP contribution is 2.37. The van der Waals surface area contributed by atoms with Gasteiger partial charge in [-0.25, -0.2) is 0 Å². The topological polar surface area (TPSA) is 20.3 Å². The van der Waals surface area contributed by atoms with E-state index in [0.29, 0.717) is 6.04 Å². The molecule has 2 aliphatic rings. The van der Waals surface area contributed by atoms with E-state index in [4.69, 9.17) is 0 Å². The molecule has 1 heterocycles. The molecule has 0 radical (unpaired) electrons. The number of hydrogen-bond acceptors (Lipinski definition) is 3. The Morgan fingerprint density at radius 3 is 2.73 bits per heavy atom. The van der Waals surface area contributed by atoms with Crippen LogP contribution >= 0.6 is 11.8 Å². The first-order valence-electron chi connectivity index (χ1n) is 6.00. The normalized spacial score (nSPS) is 29.9. The van der Waals surface area contributed by atoms with Gasteiger partial charge >= 0.3 is 0 Å². The Morgan fingerprint density at radius 2 is 2.20 bits per heavy atom. The third kappa shape index (κ3) is 2.56. The summed E-state index contributed by atoms with van der Waals surface area (Å²) >= 11 is 2.04. The quantitative estimate of drug-likeness (QED) is 0.687. The van der Waals surface area contributed by atoms with Crippen molar-refractivity contribution in [3.05, 3.63) is 0 Å². The summed E-state index contributed by atoms with van der Waals surface area (Å²) in [5.74, 6) is 2.55. The molecular weight excluding hydrogens is 206 g/mol. The average molecular weight is 227 g/mol. The third-order valence-corrected chi connectivity index (χ3v) is 5.09. The van der Waals surface area contributed by atoms with Gasteiger partial charge in [-0.3, -0.25) is 0 Å². The molecule has 1 saturated carbocycles. The van der Waals surface area contributed by atoms with E-state index in [-0.39, 0.29) is 5.41 Å². The first-order chi connectivity index (χ1) is 7.26. The van der Waals surface area contributed by atoms with Gasteiger partial charge in [0, 0.05) is 23.8 Å². The Morgan fingerprint density at radius 1 is 1.47 bits per heavy atom. The van der Waals surface area contributed by atoms with Crippen molar-refractivity contribution in [2.75, 3.05) is 25.1 Å². The van der Waals surface area contributed by atoms with Crippen molar-refractivity contribution < 1.29 is 4.79 Å². The van der Waals surface area contributed by atoms with E-state index in [1.54, 1.807) is 0 Å². The second-order valence-electron chi connectivity index (χ2n) is 5.12. The van der Waals surface area contributed by atoms with Crippen molar-refractivity contribution in [2.24, 2.45) is 5.41 Å². The van der Waals surface area contributed by atoms with Gasteiger partial charge < -0.3 is 9.69 Å². The van der Waals surface area contributed by atoms with E-state index in [2.05, 4.69) is 11.9 Å². The molecule has 2 nitrogen and oxygen atoms in total. The monoisotopic (exact) mass is 227 g/mol. The Bertz CT molecular complexity index is 220. The Balaban J connectivity index is 1.90. The van der Waals surface area contributed by atoms with Gasteiger partial charge in [0.1, 0.15) is 6.29 Å². The maximum atomic E-state index is 11.2. The fourth-order valence-corrected chi connectivity index (χ4v) is 4.19. The standard InChI is InChI=1S/C12H21NOS/c1-13(11-4-7-15-8-11)9-12(10-14)5-2-3-6-12/h10-11H,2-9H2,1H3. The number of nitrogens with zero attached hydrogens (tertiary/aromatic N) is 1. The minimum atomic E-state index is 0.00199. The van der Waals surface area contributed by atoms with Crippen LogP contribution in [-0.2, 0) is 4.79 Å². The van der Waals surface area contributed by atoms with Gasteiger partial charge in [-0.1, -0.05) is 12.8 Å². The van der Waals surface area contributed by atoms with Crippen LogP contribution in [-0.4, -0.2) is 42.3 Å². The van der Waals surface area contributed by atoms with Crippen molar-refractivity contribution >= 4 is 18.0 Å². The lowest BCUT2D eigenvalue weighted by molar-refractivity contribution is -0.117. The van der Waals surface area contributed by atoms with Gasteiger partial charge in [0.25, 0.3) is 0 Å². The Kier molecular flexibility index (Phi) is 3.73. The molecule has 86 valence electrons. The molecule has 3 heteroatoms. The van der Waals surface area contributed by atoms with E-state index in [1.807, 2.05) is 11.8 Å². The Hall–Kier alpha value is -0.0200. The SMILES string of the molecule is CN(CC1(C=O)CCCC1)C1CCSC1. The van der Waals surface area contributed by atoms with Gasteiger partial charge in [0.05, 0.1) is 0 Å². The van der Waals surface area contributed by atoms with Gasteiger partial charge in [0.15, 0.2) is 0 Å². The van der Waals surface area contributed by atoms with Gasteiger partial charge in [-0.05, 0) is 32.1 Å². The van der Waals surface area contributed by atoms with Crippen molar-refractivity contribution in [3.63, 3.8) is 0 Å². The third-order valence-electron chi connectivity index (χ3n) is 3.94. The molecule has 0 aromatic heterocycles. The van der Waals surface area contributed by atoms with Crippen LogP contribution in [0.15, 0.2) is 0 Å². The smallest absolute Gasteiger partial charge is 0.127 e. The van der Waals surface area contributed by atoms with E-state index in [9.17, 15) is 4.79 Å². The second-order valence-corrected chi connectivity index (χ2v) is 6.27. The largest absolute Gasteiger partial charge is 0.303 e. The van der Waals surface area contributed by atoms with Crippen LogP contribution < -0.4 is 0 Å². The van der Waals surface area contributed by atoms with E-state index in [0.717, 1.165) is 19.4 Å². The highest BCUT2D eigenvalue weighted by molar-refractivity contribution is 7.99. The van der Waals surface area contributed by atoms with Crippen LogP contribution in [0, 0.1) is 5.41 Å². The number of carbonyl (C=O) groups excluding carboxylic acids is 1. The highest BCUT2D eigenvalue weighted by Gasteiger charge is 2.36. The van der Waals surface area contributed by atoms with Crippen molar-refractivity contribution in [1.29, 1.82) is 0 Å². The van der Waals surface area contributed by atoms with Crippen LogP contribution in [0.4, 0.5) is 0 Å². The lowest BCUT2D eigenvalue weighted by Crippen LogP contribution is -2.41. The molecule has 0 aromatic rings. The van der Waals surface area contributed by atoms with Gasteiger partial charge in [0.2, 0.25) is 0 Å². The molecule has 15 heavy (non-hydrogen) atoms. The van der Waals surface area contributed by atoms with E-state index in [1.165, 1.54) is 37.1 Å². The molecule has 1 aliphatic heterocycles. The fraction of sp³-hybridized carbons (Fsp3) is 0.917. The summed E-state index contributed by atoms with van der Waals surface area (Å²) in [5, 5.41) is 0. The predicted octanol–water partition coefficient (Wildman–Crippen LogP) is 2.18. The summed E-state index contributed by atoms with van der Waals surface area (Å²) in [7, 11) is 2.19. The summed E-state index contributed by atoms with van der Waals surface area (Å²) in [6.45, 7) is 0.988. The minimum Gasteiger partial charge on any atom is -0.303 e. The fourth-order valence-electron chi connectivity index (χ4n) is 2.89. The predicted molar refractivity (Wildman–Crippen MR) is 65.3 cm³/mol. The lowest BCUT2D eigenvalue weighted by atomic mass is 9.87. The zero-order valence-electron chi connectivity index (χ0n) is 9.58. The molecule has 0 bridgehead atoms. The summed E-state index contributed by atoms with van der Waals surface area (Å²) < 4.78 is 0. The summed E-state index contributed by atoms with van der Waals surface area (Å²) in [5.41, 5.74) is 0.00199. The van der Waals surface area contributed by atoms with Crippen LogP contribution in [0.2, 0.25) is 0 Å². The average Bonchev–Trinajstić information content (AvgIpc) is 2.88. The van der Waals surface area contributed by atoms with Crippen LogP contribution in [0.3, 0.4) is 0 Å². The summed E-state index contributed by atoms with van der Waals surface area (Å²) in [6.07, 6.45) is 7.24. The molecule has 2 fully saturated rings. The van der Waals surface area contributed by atoms with Gasteiger partial charge in [-0.15, -0.1) is 0 Å². The van der Waals surface area contributed by atoms with Crippen molar-refractivity contribution in [2.45, 2.75) is 38.1 Å². The van der Waals surface area contributed by atoms with E-state index < -0.39 is 0 Å². The summed E-state index contributed by atoms with van der Waals surface area (Å²) in [6, 6.07) is 0.715. The first kappa shape index (κ1) is 11.5. The molecule has 1 saturated heterocycles. The maximum Gasteiger partial charge on any atom is 0.127 e. The zero-order valence-corrected chi connectivity index (χ0v) is 10.4. The molecule has 1 aliphatic carbocycles.